The fraction of sp³-hybridized carbons (Fsp3) is 0. The number of fused-ring (bicyclic) bond motifs is 3. The van der Waals surface area contributed by atoms with Crippen LogP contribution in [-0.2, 0) is 30.9 Å². The smallest absolute Gasteiger partial charge is 0.314 e. The van der Waals surface area contributed by atoms with E-state index in [9.17, 15) is 8.42 Å². The topological polar surface area (TPSA) is 64.8 Å². The van der Waals surface area contributed by atoms with Gasteiger partial charge in [0.2, 0.25) is 9.84 Å². The molecule has 5 nitrogen and oxygen atoms in total. The van der Waals surface area contributed by atoms with E-state index in [1.54, 1.807) is 42.6 Å². The SMILES string of the molecule is [2H]c1cccnc1-n1c2[c-]c(-c3[c-]c(S(=O)(=O)c4ccccn4)ccc3)ccc2c2ccccc21.[Pt+2]. The molecule has 172 valence electrons. The van der Waals surface area contributed by atoms with Gasteiger partial charge in [-0.3, -0.25) is 0 Å². The van der Waals surface area contributed by atoms with Crippen LogP contribution in [0.5, 0.6) is 0 Å². The van der Waals surface area contributed by atoms with Crippen molar-refractivity contribution in [2.75, 3.05) is 0 Å². The van der Waals surface area contributed by atoms with Crippen molar-refractivity contribution in [3.63, 3.8) is 0 Å². The Kier molecular flexibility index (Phi) is 5.77. The van der Waals surface area contributed by atoms with Gasteiger partial charge in [0, 0.05) is 17.9 Å². The van der Waals surface area contributed by atoms with Gasteiger partial charge in [0.25, 0.3) is 0 Å². The fourth-order valence-corrected chi connectivity index (χ4v) is 5.27. The number of para-hydroxylation sites is 1. The van der Waals surface area contributed by atoms with Gasteiger partial charge < -0.3 is 4.57 Å². The Morgan fingerprint density at radius 3 is 2.34 bits per heavy atom. The molecule has 0 aliphatic rings. The Balaban J connectivity index is 0.00000267. The second-order valence-corrected chi connectivity index (χ2v) is 9.56. The van der Waals surface area contributed by atoms with Crippen LogP contribution in [0.3, 0.4) is 0 Å². The fourth-order valence-electron chi connectivity index (χ4n) is 4.09. The van der Waals surface area contributed by atoms with Crippen molar-refractivity contribution in [3.05, 3.63) is 115 Å². The van der Waals surface area contributed by atoms with Crippen molar-refractivity contribution >= 4 is 31.6 Å². The van der Waals surface area contributed by atoms with Gasteiger partial charge >= 0.3 is 21.1 Å². The summed E-state index contributed by atoms with van der Waals surface area (Å²) in [4.78, 5) is 8.51. The van der Waals surface area contributed by atoms with Crippen molar-refractivity contribution in [1.29, 1.82) is 0 Å². The zero-order chi connectivity index (χ0) is 24.0. The second-order valence-electron chi connectivity index (χ2n) is 7.69. The molecule has 6 aromatic rings. The molecule has 0 radical (unpaired) electrons. The monoisotopic (exact) mass is 655 g/mol. The number of sulfone groups is 1. The molecule has 35 heavy (non-hydrogen) atoms. The Morgan fingerprint density at radius 1 is 0.743 bits per heavy atom. The summed E-state index contributed by atoms with van der Waals surface area (Å²) in [6.07, 6.45) is 3.12. The molecule has 0 fully saturated rings. The molecule has 0 aliphatic heterocycles. The molecular formula is C28H17N3O2PtS. The maximum absolute atomic E-state index is 13.1. The summed E-state index contributed by atoms with van der Waals surface area (Å²) in [5, 5.41) is 1.96. The standard InChI is InChI=1S/C28H17N3O2S.Pt/c32-34(33,28-13-4-6-17-30-28)22-9-7-8-20(18-22)21-14-15-24-23-10-1-2-11-25(23)31(26(24)19-21)27-12-3-5-16-29-27;/h1-17H;/q-2;+2/i12D;. The minimum Gasteiger partial charge on any atom is -0.314 e. The van der Waals surface area contributed by atoms with Crippen molar-refractivity contribution in [2.24, 2.45) is 0 Å². The van der Waals surface area contributed by atoms with Crippen molar-refractivity contribution < 1.29 is 30.9 Å². The Morgan fingerprint density at radius 2 is 1.51 bits per heavy atom. The molecule has 0 amide bonds. The van der Waals surface area contributed by atoms with Gasteiger partial charge in [-0.25, -0.2) is 29.5 Å². The van der Waals surface area contributed by atoms with E-state index in [4.69, 9.17) is 1.37 Å². The van der Waals surface area contributed by atoms with Gasteiger partial charge in [0.1, 0.15) is 5.82 Å². The summed E-state index contributed by atoms with van der Waals surface area (Å²) in [5.41, 5.74) is 2.94. The molecule has 0 saturated heterocycles. The van der Waals surface area contributed by atoms with Gasteiger partial charge in [0.05, 0.1) is 1.37 Å². The minimum absolute atomic E-state index is 0. The van der Waals surface area contributed by atoms with Gasteiger partial charge in [-0.1, -0.05) is 35.7 Å². The van der Waals surface area contributed by atoms with Crippen LogP contribution in [0, 0.1) is 12.1 Å². The summed E-state index contributed by atoms with van der Waals surface area (Å²) in [7, 11) is -3.81. The van der Waals surface area contributed by atoms with E-state index >= 15 is 0 Å². The Labute approximate surface area is 218 Å². The molecule has 3 aromatic heterocycles. The zero-order valence-corrected chi connectivity index (χ0v) is 21.2. The third-order valence-corrected chi connectivity index (χ3v) is 7.26. The maximum atomic E-state index is 13.1. The van der Waals surface area contributed by atoms with Gasteiger partial charge in [0.15, 0.2) is 5.03 Å². The first kappa shape index (κ1) is 21.9. The first-order valence-electron chi connectivity index (χ1n) is 11.1. The minimum atomic E-state index is -3.81. The molecule has 0 bridgehead atoms. The molecule has 0 unspecified atom stereocenters. The van der Waals surface area contributed by atoms with Crippen LogP contribution in [0.1, 0.15) is 1.37 Å². The van der Waals surface area contributed by atoms with Crippen LogP contribution in [0.25, 0.3) is 38.8 Å². The molecular weight excluding hydrogens is 637 g/mol. The van der Waals surface area contributed by atoms with E-state index in [2.05, 4.69) is 22.1 Å². The molecule has 7 heteroatoms. The molecule has 3 aromatic carbocycles. The van der Waals surface area contributed by atoms with E-state index in [-0.39, 0.29) is 31.0 Å². The summed E-state index contributed by atoms with van der Waals surface area (Å²) < 4.78 is 36.5. The first-order valence-corrected chi connectivity index (χ1v) is 12.1. The van der Waals surface area contributed by atoms with E-state index in [0.29, 0.717) is 23.0 Å². The zero-order valence-electron chi connectivity index (χ0n) is 19.1. The summed E-state index contributed by atoms with van der Waals surface area (Å²) in [6, 6.07) is 31.8. The van der Waals surface area contributed by atoms with Crippen LogP contribution < -0.4 is 0 Å². The summed E-state index contributed by atoms with van der Waals surface area (Å²) in [5.74, 6) is 0.502. The Hall–Kier alpha value is -3.60. The number of rotatable bonds is 4. The van der Waals surface area contributed by atoms with Crippen LogP contribution in [-0.4, -0.2) is 23.0 Å². The molecule has 0 spiro atoms. The quantitative estimate of drug-likeness (QED) is 0.230. The van der Waals surface area contributed by atoms with Crippen molar-refractivity contribution in [1.82, 2.24) is 14.5 Å². The van der Waals surface area contributed by atoms with Crippen LogP contribution in [0.15, 0.2) is 113 Å². The van der Waals surface area contributed by atoms with Gasteiger partial charge in [-0.15, -0.1) is 12.1 Å². The number of nitrogens with zero attached hydrogens (tertiary/aromatic N) is 3. The summed E-state index contributed by atoms with van der Waals surface area (Å²) >= 11 is 0. The van der Waals surface area contributed by atoms with Crippen LogP contribution >= 0.6 is 0 Å². The molecule has 0 N–H and O–H groups in total. The first-order chi connectivity index (χ1) is 17.0. The largest absolute Gasteiger partial charge is 2.00 e. The van der Waals surface area contributed by atoms with Crippen LogP contribution in [0.2, 0.25) is 0 Å². The van der Waals surface area contributed by atoms with Gasteiger partial charge in [-0.05, 0) is 46.1 Å². The second kappa shape index (κ2) is 9.21. The van der Waals surface area contributed by atoms with E-state index < -0.39 is 9.84 Å². The molecule has 0 saturated carbocycles. The Bertz CT molecular complexity index is 1840. The van der Waals surface area contributed by atoms with Crippen LogP contribution in [0.4, 0.5) is 0 Å². The van der Waals surface area contributed by atoms with E-state index in [1.165, 1.54) is 18.3 Å². The van der Waals surface area contributed by atoms with E-state index in [1.807, 2.05) is 41.0 Å². The average molecular weight is 656 g/mol. The normalized spacial score (nSPS) is 11.8. The summed E-state index contributed by atoms with van der Waals surface area (Å²) in [6.45, 7) is 0. The van der Waals surface area contributed by atoms with Gasteiger partial charge in [-0.2, -0.15) is 30.3 Å². The number of hydrogen-bond donors (Lipinski definition) is 0. The number of pyridine rings is 2. The molecule has 3 heterocycles. The number of hydrogen-bond acceptors (Lipinski definition) is 4. The van der Waals surface area contributed by atoms with Crippen molar-refractivity contribution in [3.8, 4) is 16.9 Å². The average Bonchev–Trinajstić information content (AvgIpc) is 3.23. The predicted molar refractivity (Wildman–Crippen MR) is 131 cm³/mol. The number of benzene rings is 3. The third-order valence-electron chi connectivity index (χ3n) is 5.65. The number of aromatic nitrogens is 3. The molecule has 6 rings (SSSR count). The molecule has 0 aliphatic carbocycles. The predicted octanol–water partition coefficient (Wildman–Crippen LogP) is 5.67. The van der Waals surface area contributed by atoms with Crippen molar-refractivity contribution in [2.45, 2.75) is 9.92 Å². The molecule has 0 atom stereocenters. The maximum Gasteiger partial charge on any atom is 2.00 e. The third kappa shape index (κ3) is 3.99. The van der Waals surface area contributed by atoms with E-state index in [0.717, 1.165) is 21.8 Å².